The standard InChI is InChI=1S/C27H20N4O4/c1-33-25-13-19-18-8-2-4-10-22(18)34-24(19)14-21(25)31-26(32)16-30-20-9-3-5-11-23(20)35-27-17(15-28)7-6-12-29-27/h2-14,30H,16H2,1H3,(H,31,32). The van der Waals surface area contributed by atoms with Crippen LogP contribution in [-0.2, 0) is 4.79 Å². The number of anilines is 2. The van der Waals surface area contributed by atoms with Crippen molar-refractivity contribution < 1.29 is 18.7 Å². The molecule has 0 saturated carbocycles. The summed E-state index contributed by atoms with van der Waals surface area (Å²) in [5.74, 6) is 0.874. The first-order valence-electron chi connectivity index (χ1n) is 10.8. The lowest BCUT2D eigenvalue weighted by Gasteiger charge is -2.14. The van der Waals surface area contributed by atoms with Gasteiger partial charge >= 0.3 is 0 Å². The van der Waals surface area contributed by atoms with E-state index in [1.54, 1.807) is 49.7 Å². The van der Waals surface area contributed by atoms with Crippen LogP contribution in [0.1, 0.15) is 5.56 Å². The second kappa shape index (κ2) is 9.45. The average Bonchev–Trinajstić information content (AvgIpc) is 3.25. The van der Waals surface area contributed by atoms with E-state index in [0.717, 1.165) is 16.4 Å². The molecule has 2 N–H and O–H groups in total. The number of furan rings is 1. The molecule has 3 aromatic carbocycles. The number of nitrogens with zero attached hydrogens (tertiary/aromatic N) is 2. The minimum atomic E-state index is -0.288. The maximum atomic E-state index is 12.8. The highest BCUT2D eigenvalue weighted by atomic mass is 16.5. The molecular formula is C27H20N4O4. The van der Waals surface area contributed by atoms with E-state index >= 15 is 0 Å². The molecule has 0 saturated heterocycles. The van der Waals surface area contributed by atoms with Crippen LogP contribution in [0.15, 0.2) is 83.4 Å². The number of nitriles is 1. The second-order valence-corrected chi connectivity index (χ2v) is 7.61. The molecule has 0 spiro atoms. The third kappa shape index (κ3) is 4.43. The Morgan fingerprint density at radius 1 is 0.971 bits per heavy atom. The molecule has 5 rings (SSSR count). The van der Waals surface area contributed by atoms with Crippen LogP contribution >= 0.6 is 0 Å². The number of nitrogens with one attached hydrogen (secondary N) is 2. The summed E-state index contributed by atoms with van der Waals surface area (Å²) in [5, 5.41) is 17.1. The van der Waals surface area contributed by atoms with Gasteiger partial charge in [-0.25, -0.2) is 4.98 Å². The van der Waals surface area contributed by atoms with Crippen molar-refractivity contribution >= 4 is 39.2 Å². The number of benzene rings is 3. The first kappa shape index (κ1) is 21.8. The van der Waals surface area contributed by atoms with Crippen molar-refractivity contribution in [2.24, 2.45) is 0 Å². The van der Waals surface area contributed by atoms with Crippen molar-refractivity contribution in [2.45, 2.75) is 0 Å². The fourth-order valence-electron chi connectivity index (χ4n) is 3.75. The molecule has 172 valence electrons. The van der Waals surface area contributed by atoms with Gasteiger partial charge in [0.05, 0.1) is 25.0 Å². The average molecular weight is 464 g/mol. The Kier molecular flexibility index (Phi) is 5.89. The van der Waals surface area contributed by atoms with Crippen LogP contribution in [0.5, 0.6) is 17.4 Å². The maximum absolute atomic E-state index is 12.8. The van der Waals surface area contributed by atoms with Crippen molar-refractivity contribution in [3.63, 3.8) is 0 Å². The van der Waals surface area contributed by atoms with E-state index in [1.807, 2.05) is 36.4 Å². The number of carbonyl (C=O) groups is 1. The summed E-state index contributed by atoms with van der Waals surface area (Å²) in [6.07, 6.45) is 1.55. The van der Waals surface area contributed by atoms with E-state index in [0.29, 0.717) is 34.0 Å². The summed E-state index contributed by atoms with van der Waals surface area (Å²) in [7, 11) is 1.55. The second-order valence-electron chi connectivity index (χ2n) is 7.61. The summed E-state index contributed by atoms with van der Waals surface area (Å²) in [6, 6.07) is 23.8. The summed E-state index contributed by atoms with van der Waals surface area (Å²) < 4.78 is 17.3. The molecule has 0 aliphatic heterocycles. The van der Waals surface area contributed by atoms with Gasteiger partial charge in [0.2, 0.25) is 11.8 Å². The SMILES string of the molecule is COc1cc2c(cc1NC(=O)CNc1ccccc1Oc1ncccc1C#N)oc1ccccc12. The minimum absolute atomic E-state index is 0.0327. The molecule has 0 radical (unpaired) electrons. The fraction of sp³-hybridized carbons (Fsp3) is 0.0741. The van der Waals surface area contributed by atoms with Gasteiger partial charge in [0.1, 0.15) is 28.5 Å². The predicted molar refractivity (Wildman–Crippen MR) is 133 cm³/mol. The van der Waals surface area contributed by atoms with Gasteiger partial charge in [-0.2, -0.15) is 5.26 Å². The van der Waals surface area contributed by atoms with Crippen LogP contribution in [0.3, 0.4) is 0 Å². The molecule has 2 heterocycles. The largest absolute Gasteiger partial charge is 0.495 e. The van der Waals surface area contributed by atoms with E-state index in [4.69, 9.17) is 13.9 Å². The van der Waals surface area contributed by atoms with E-state index < -0.39 is 0 Å². The van der Waals surface area contributed by atoms with Crippen molar-refractivity contribution in [3.8, 4) is 23.4 Å². The summed E-state index contributed by atoms with van der Waals surface area (Å²) in [5.41, 5.74) is 2.81. The highest BCUT2D eigenvalue weighted by Gasteiger charge is 2.15. The Balaban J connectivity index is 1.33. The molecule has 35 heavy (non-hydrogen) atoms. The van der Waals surface area contributed by atoms with Crippen LogP contribution in [-0.4, -0.2) is 24.5 Å². The molecule has 0 unspecified atom stereocenters. The zero-order chi connectivity index (χ0) is 24.2. The number of methoxy groups -OCH3 is 1. The third-order valence-electron chi connectivity index (χ3n) is 5.40. The molecule has 1 amide bonds. The number of hydrogen-bond acceptors (Lipinski definition) is 7. The number of aromatic nitrogens is 1. The monoisotopic (exact) mass is 464 g/mol. The number of rotatable bonds is 7. The Labute approximate surface area is 200 Å². The minimum Gasteiger partial charge on any atom is -0.495 e. The van der Waals surface area contributed by atoms with Crippen LogP contribution in [0.2, 0.25) is 0 Å². The summed E-state index contributed by atoms with van der Waals surface area (Å²) in [4.78, 5) is 16.9. The van der Waals surface area contributed by atoms with Crippen molar-refractivity contribution in [1.82, 2.24) is 4.98 Å². The first-order valence-corrected chi connectivity index (χ1v) is 10.8. The van der Waals surface area contributed by atoms with E-state index in [2.05, 4.69) is 21.7 Å². The zero-order valence-corrected chi connectivity index (χ0v) is 18.7. The zero-order valence-electron chi connectivity index (χ0n) is 18.7. The quantitative estimate of drug-likeness (QED) is 0.318. The van der Waals surface area contributed by atoms with E-state index in [-0.39, 0.29) is 18.3 Å². The number of pyridine rings is 1. The Morgan fingerprint density at radius 3 is 2.66 bits per heavy atom. The Morgan fingerprint density at radius 2 is 1.80 bits per heavy atom. The highest BCUT2D eigenvalue weighted by Crippen LogP contribution is 2.36. The molecule has 8 heteroatoms. The maximum Gasteiger partial charge on any atom is 0.243 e. The lowest BCUT2D eigenvalue weighted by molar-refractivity contribution is -0.114. The van der Waals surface area contributed by atoms with Gasteiger partial charge in [-0.05, 0) is 36.4 Å². The fourth-order valence-corrected chi connectivity index (χ4v) is 3.75. The van der Waals surface area contributed by atoms with Crippen LogP contribution in [0, 0.1) is 11.3 Å². The molecule has 8 nitrogen and oxygen atoms in total. The number of fused-ring (bicyclic) bond motifs is 3. The van der Waals surface area contributed by atoms with E-state index in [9.17, 15) is 10.1 Å². The lowest BCUT2D eigenvalue weighted by atomic mass is 10.1. The molecule has 0 aliphatic carbocycles. The smallest absolute Gasteiger partial charge is 0.243 e. The number of carbonyl (C=O) groups excluding carboxylic acids is 1. The molecule has 0 bridgehead atoms. The Bertz CT molecular complexity index is 1590. The molecular weight excluding hydrogens is 444 g/mol. The van der Waals surface area contributed by atoms with Crippen LogP contribution < -0.4 is 20.1 Å². The topological polar surface area (TPSA) is 109 Å². The summed E-state index contributed by atoms with van der Waals surface area (Å²) >= 11 is 0. The normalized spacial score (nSPS) is 10.6. The predicted octanol–water partition coefficient (Wildman–Crippen LogP) is 5.70. The number of hydrogen-bond donors (Lipinski definition) is 2. The van der Waals surface area contributed by atoms with Gasteiger partial charge in [-0.3, -0.25) is 4.79 Å². The van der Waals surface area contributed by atoms with Gasteiger partial charge in [-0.15, -0.1) is 0 Å². The van der Waals surface area contributed by atoms with E-state index in [1.165, 1.54) is 0 Å². The van der Waals surface area contributed by atoms with Crippen molar-refractivity contribution in [3.05, 3.63) is 84.6 Å². The van der Waals surface area contributed by atoms with Crippen LogP contribution in [0.25, 0.3) is 21.9 Å². The van der Waals surface area contributed by atoms with Gasteiger partial charge in [0.25, 0.3) is 0 Å². The number of para-hydroxylation sites is 3. The molecule has 0 aliphatic rings. The molecule has 0 fully saturated rings. The van der Waals surface area contributed by atoms with Gasteiger partial charge in [-0.1, -0.05) is 30.3 Å². The first-order chi connectivity index (χ1) is 17.2. The molecule has 0 atom stereocenters. The molecule has 2 aromatic heterocycles. The van der Waals surface area contributed by atoms with Crippen LogP contribution in [0.4, 0.5) is 11.4 Å². The number of amides is 1. The van der Waals surface area contributed by atoms with Gasteiger partial charge in [0.15, 0.2) is 5.75 Å². The van der Waals surface area contributed by atoms with Gasteiger partial charge < -0.3 is 24.5 Å². The molecule has 5 aromatic rings. The number of ether oxygens (including phenoxy) is 2. The van der Waals surface area contributed by atoms with Gasteiger partial charge in [0, 0.05) is 23.0 Å². The van der Waals surface area contributed by atoms with Crippen molar-refractivity contribution in [2.75, 3.05) is 24.3 Å². The van der Waals surface area contributed by atoms with Crippen molar-refractivity contribution in [1.29, 1.82) is 5.26 Å². The summed E-state index contributed by atoms with van der Waals surface area (Å²) in [6.45, 7) is -0.0327. The third-order valence-corrected chi connectivity index (χ3v) is 5.40. The lowest BCUT2D eigenvalue weighted by Crippen LogP contribution is -2.22. The highest BCUT2D eigenvalue weighted by molar-refractivity contribution is 6.08. The Hall–Kier alpha value is -5.03.